The minimum absolute atomic E-state index is 0.305. The van der Waals surface area contributed by atoms with Crippen molar-refractivity contribution in [3.05, 3.63) is 54.6 Å². The van der Waals surface area contributed by atoms with Gasteiger partial charge in [0.1, 0.15) is 0 Å². The fourth-order valence-corrected chi connectivity index (χ4v) is 4.35. The summed E-state index contributed by atoms with van der Waals surface area (Å²) in [4.78, 5) is 23.3. The van der Waals surface area contributed by atoms with Crippen LogP contribution in [0.4, 0.5) is 10.5 Å². The SMILES string of the molecule is O=C(O)CCN1CC2CCCC2C1.O=C(O)Nc1ccccc1-c1ccccc1. The average Bonchev–Trinajstić information content (AvgIpc) is 3.29. The number of nitrogens with zero attached hydrogens (tertiary/aromatic N) is 1. The fraction of sp³-hybridized carbons (Fsp3) is 0.391. The maximum Gasteiger partial charge on any atom is 0.409 e. The molecule has 0 spiro atoms. The first kappa shape index (κ1) is 20.9. The number of benzene rings is 2. The van der Waals surface area contributed by atoms with Gasteiger partial charge in [-0.15, -0.1) is 0 Å². The van der Waals surface area contributed by atoms with Crippen molar-refractivity contribution in [2.75, 3.05) is 25.0 Å². The van der Waals surface area contributed by atoms with Gasteiger partial charge in [-0.25, -0.2) is 4.79 Å². The zero-order valence-corrected chi connectivity index (χ0v) is 16.5. The molecular weight excluding hydrogens is 368 g/mol. The van der Waals surface area contributed by atoms with Crippen LogP contribution in [-0.4, -0.2) is 46.8 Å². The van der Waals surface area contributed by atoms with Gasteiger partial charge in [-0.3, -0.25) is 10.1 Å². The number of hydrogen-bond donors (Lipinski definition) is 3. The monoisotopic (exact) mass is 396 g/mol. The molecule has 1 saturated heterocycles. The average molecular weight is 396 g/mol. The van der Waals surface area contributed by atoms with Gasteiger partial charge in [0, 0.05) is 25.2 Å². The van der Waals surface area contributed by atoms with E-state index in [-0.39, 0.29) is 0 Å². The third-order valence-corrected chi connectivity index (χ3v) is 5.70. The first-order valence-electron chi connectivity index (χ1n) is 10.1. The largest absolute Gasteiger partial charge is 0.481 e. The molecule has 1 heterocycles. The van der Waals surface area contributed by atoms with Gasteiger partial charge in [-0.2, -0.15) is 0 Å². The van der Waals surface area contributed by atoms with Gasteiger partial charge in [-0.1, -0.05) is 55.0 Å². The van der Waals surface area contributed by atoms with Gasteiger partial charge < -0.3 is 15.1 Å². The third-order valence-electron chi connectivity index (χ3n) is 5.70. The summed E-state index contributed by atoms with van der Waals surface area (Å²) in [5.74, 6) is 1.10. The van der Waals surface area contributed by atoms with Crippen LogP contribution >= 0.6 is 0 Å². The smallest absolute Gasteiger partial charge is 0.409 e. The lowest BCUT2D eigenvalue weighted by Gasteiger charge is -2.14. The molecule has 2 fully saturated rings. The van der Waals surface area contributed by atoms with Gasteiger partial charge in [0.25, 0.3) is 0 Å². The molecule has 154 valence electrons. The number of nitrogens with one attached hydrogen (secondary N) is 1. The Bertz CT molecular complexity index is 813. The van der Waals surface area contributed by atoms with E-state index < -0.39 is 12.1 Å². The molecule has 1 aliphatic carbocycles. The number of hydrogen-bond acceptors (Lipinski definition) is 3. The Morgan fingerprint density at radius 2 is 1.55 bits per heavy atom. The molecule has 3 N–H and O–H groups in total. The third kappa shape index (κ3) is 6.06. The van der Waals surface area contributed by atoms with E-state index in [9.17, 15) is 9.59 Å². The van der Waals surface area contributed by atoms with Crippen LogP contribution in [0, 0.1) is 11.8 Å². The number of anilines is 1. The highest BCUT2D eigenvalue weighted by Crippen LogP contribution is 2.37. The van der Waals surface area contributed by atoms with E-state index in [1.54, 1.807) is 12.1 Å². The summed E-state index contributed by atoms with van der Waals surface area (Å²) in [6, 6.07) is 17.0. The minimum Gasteiger partial charge on any atom is -0.481 e. The molecule has 4 rings (SSSR count). The highest BCUT2D eigenvalue weighted by Gasteiger charge is 2.35. The van der Waals surface area contributed by atoms with Crippen LogP contribution in [0.1, 0.15) is 25.7 Å². The molecule has 2 aliphatic rings. The Kier molecular flexibility index (Phi) is 7.25. The molecule has 2 atom stereocenters. The highest BCUT2D eigenvalue weighted by molar-refractivity contribution is 5.90. The van der Waals surface area contributed by atoms with Crippen molar-refractivity contribution in [3.8, 4) is 11.1 Å². The number of rotatable bonds is 5. The lowest BCUT2D eigenvalue weighted by Crippen LogP contribution is -2.24. The Balaban J connectivity index is 0.000000169. The second-order valence-corrected chi connectivity index (χ2v) is 7.70. The molecule has 6 nitrogen and oxygen atoms in total. The number of carbonyl (C=O) groups is 2. The molecule has 6 heteroatoms. The molecule has 1 amide bonds. The maximum absolute atomic E-state index is 10.6. The maximum atomic E-state index is 10.6. The molecule has 2 aromatic carbocycles. The molecule has 1 saturated carbocycles. The van der Waals surface area contributed by atoms with Crippen LogP contribution in [-0.2, 0) is 4.79 Å². The summed E-state index contributed by atoms with van der Waals surface area (Å²) in [5, 5.41) is 19.7. The van der Waals surface area contributed by atoms with Crippen molar-refractivity contribution in [1.29, 1.82) is 0 Å². The van der Waals surface area contributed by atoms with E-state index >= 15 is 0 Å². The van der Waals surface area contributed by atoms with Crippen LogP contribution < -0.4 is 5.32 Å². The van der Waals surface area contributed by atoms with E-state index in [4.69, 9.17) is 10.2 Å². The summed E-state index contributed by atoms with van der Waals surface area (Å²) < 4.78 is 0. The molecule has 2 unspecified atom stereocenters. The van der Waals surface area contributed by atoms with Gasteiger partial charge in [0.2, 0.25) is 0 Å². The molecule has 29 heavy (non-hydrogen) atoms. The number of carboxylic acids is 1. The number of fused-ring (bicyclic) bond motifs is 1. The Labute approximate surface area is 171 Å². The summed E-state index contributed by atoms with van der Waals surface area (Å²) in [6.07, 6.45) is 3.38. The number of aliphatic carboxylic acids is 1. The standard InChI is InChI=1S/C13H11NO2.C10H17NO2/c15-13(16)14-12-9-5-4-8-11(12)10-6-2-1-3-7-10;12-10(13)4-5-11-6-8-2-1-3-9(8)7-11/h1-9,14H,(H,15,16);8-9H,1-7H2,(H,12,13). The summed E-state index contributed by atoms with van der Waals surface area (Å²) in [5.41, 5.74) is 2.47. The zero-order valence-electron chi connectivity index (χ0n) is 16.5. The van der Waals surface area contributed by atoms with Gasteiger partial charge in [-0.05, 0) is 36.3 Å². The molecular formula is C23H28N2O4. The Morgan fingerprint density at radius 3 is 2.17 bits per heavy atom. The van der Waals surface area contributed by atoms with Crippen molar-refractivity contribution >= 4 is 17.7 Å². The van der Waals surface area contributed by atoms with Crippen LogP contribution in [0.2, 0.25) is 0 Å². The normalized spacial score (nSPS) is 20.4. The van der Waals surface area contributed by atoms with E-state index in [1.807, 2.05) is 42.5 Å². The van der Waals surface area contributed by atoms with Gasteiger partial charge in [0.05, 0.1) is 12.1 Å². The number of likely N-dealkylation sites (tertiary alicyclic amines) is 1. The fourth-order valence-electron chi connectivity index (χ4n) is 4.35. The Hall–Kier alpha value is -2.86. The first-order valence-corrected chi connectivity index (χ1v) is 10.1. The van der Waals surface area contributed by atoms with Gasteiger partial charge >= 0.3 is 12.1 Å². The van der Waals surface area contributed by atoms with E-state index in [2.05, 4.69) is 10.2 Å². The van der Waals surface area contributed by atoms with Crippen molar-refractivity contribution in [1.82, 2.24) is 4.90 Å². The Morgan fingerprint density at radius 1 is 0.931 bits per heavy atom. The van der Waals surface area contributed by atoms with Crippen LogP contribution in [0.15, 0.2) is 54.6 Å². The number of amides is 1. The van der Waals surface area contributed by atoms with E-state index in [1.165, 1.54) is 19.3 Å². The molecule has 2 aromatic rings. The van der Waals surface area contributed by atoms with Gasteiger partial charge in [0.15, 0.2) is 0 Å². The van der Waals surface area contributed by atoms with Crippen molar-refractivity contribution in [3.63, 3.8) is 0 Å². The summed E-state index contributed by atoms with van der Waals surface area (Å²) in [6.45, 7) is 3.05. The zero-order chi connectivity index (χ0) is 20.6. The lowest BCUT2D eigenvalue weighted by atomic mass is 10.0. The number of para-hydroxylation sites is 1. The van der Waals surface area contributed by atoms with E-state index in [0.717, 1.165) is 42.6 Å². The number of carboxylic acid groups (broad SMARTS) is 2. The van der Waals surface area contributed by atoms with Crippen molar-refractivity contribution < 1.29 is 19.8 Å². The highest BCUT2D eigenvalue weighted by atomic mass is 16.4. The van der Waals surface area contributed by atoms with Crippen molar-refractivity contribution in [2.45, 2.75) is 25.7 Å². The van der Waals surface area contributed by atoms with Crippen LogP contribution in [0.25, 0.3) is 11.1 Å². The van der Waals surface area contributed by atoms with E-state index in [0.29, 0.717) is 12.1 Å². The second-order valence-electron chi connectivity index (χ2n) is 7.70. The predicted molar refractivity (Wildman–Crippen MR) is 113 cm³/mol. The van der Waals surface area contributed by atoms with Crippen LogP contribution in [0.5, 0.6) is 0 Å². The minimum atomic E-state index is -1.05. The topological polar surface area (TPSA) is 89.9 Å². The molecule has 0 aromatic heterocycles. The summed E-state index contributed by atoms with van der Waals surface area (Å²) >= 11 is 0. The first-order chi connectivity index (χ1) is 14.0. The van der Waals surface area contributed by atoms with Crippen molar-refractivity contribution in [2.24, 2.45) is 11.8 Å². The molecule has 1 aliphatic heterocycles. The molecule has 0 bridgehead atoms. The quantitative estimate of drug-likeness (QED) is 0.685. The lowest BCUT2D eigenvalue weighted by molar-refractivity contribution is -0.137. The van der Waals surface area contributed by atoms with Crippen LogP contribution in [0.3, 0.4) is 0 Å². The second kappa shape index (κ2) is 10.1. The predicted octanol–water partition coefficient (Wildman–Crippen LogP) is 4.64. The molecule has 0 radical (unpaired) electrons. The summed E-state index contributed by atoms with van der Waals surface area (Å²) in [7, 11) is 0.